The third-order valence-electron chi connectivity index (χ3n) is 4.10. The molecule has 1 heterocycles. The smallest absolute Gasteiger partial charge is 0.396 e. The third-order valence-corrected chi connectivity index (χ3v) is 4.88. The predicted molar refractivity (Wildman–Crippen MR) is 108 cm³/mol. The standard InChI is InChI=1S/C22H16O5S/c1-2-25-16-10-8-15(9-11-16)21(23)26-17-12-18(14-6-4-3-5-7-14)20-19(13-17)28-22(24)27-20/h3-13H,2H2,1H3. The van der Waals surface area contributed by atoms with Crippen molar-refractivity contribution in [3.8, 4) is 22.6 Å². The highest BCUT2D eigenvalue weighted by Crippen LogP contribution is 2.34. The van der Waals surface area contributed by atoms with Gasteiger partial charge < -0.3 is 13.9 Å². The van der Waals surface area contributed by atoms with Crippen LogP contribution in [0.2, 0.25) is 0 Å². The molecule has 0 amide bonds. The second-order valence-electron chi connectivity index (χ2n) is 5.97. The van der Waals surface area contributed by atoms with E-state index in [1.165, 1.54) is 0 Å². The van der Waals surface area contributed by atoms with Crippen molar-refractivity contribution in [1.82, 2.24) is 0 Å². The fourth-order valence-electron chi connectivity index (χ4n) is 2.86. The van der Waals surface area contributed by atoms with Crippen LogP contribution in [0.3, 0.4) is 0 Å². The van der Waals surface area contributed by atoms with Gasteiger partial charge in [-0.1, -0.05) is 41.7 Å². The molecule has 0 fully saturated rings. The van der Waals surface area contributed by atoms with Gasteiger partial charge in [-0.15, -0.1) is 0 Å². The molecule has 28 heavy (non-hydrogen) atoms. The maximum absolute atomic E-state index is 12.5. The Morgan fingerprint density at radius 1 is 1.00 bits per heavy atom. The maximum Gasteiger partial charge on any atom is 0.396 e. The topological polar surface area (TPSA) is 65.7 Å². The van der Waals surface area contributed by atoms with E-state index < -0.39 is 10.9 Å². The minimum Gasteiger partial charge on any atom is -0.494 e. The van der Waals surface area contributed by atoms with Gasteiger partial charge in [0.25, 0.3) is 0 Å². The molecule has 0 radical (unpaired) electrons. The second-order valence-corrected chi connectivity index (χ2v) is 6.94. The van der Waals surface area contributed by atoms with Crippen molar-refractivity contribution in [2.75, 3.05) is 6.61 Å². The summed E-state index contributed by atoms with van der Waals surface area (Å²) in [5, 5.41) is 0. The SMILES string of the molecule is CCOc1ccc(C(=O)Oc2cc(-c3ccccc3)c3oc(=O)sc3c2)cc1. The van der Waals surface area contributed by atoms with Gasteiger partial charge in [-0.05, 0) is 42.8 Å². The van der Waals surface area contributed by atoms with Gasteiger partial charge in [0.1, 0.15) is 11.5 Å². The van der Waals surface area contributed by atoms with E-state index in [-0.39, 0.29) is 0 Å². The van der Waals surface area contributed by atoms with Crippen LogP contribution in [0.25, 0.3) is 21.4 Å². The molecule has 5 nitrogen and oxygen atoms in total. The minimum absolute atomic E-state index is 0.349. The summed E-state index contributed by atoms with van der Waals surface area (Å²) >= 11 is 0.975. The Kier molecular flexibility index (Phi) is 4.95. The van der Waals surface area contributed by atoms with Crippen molar-refractivity contribution in [2.24, 2.45) is 0 Å². The van der Waals surface area contributed by atoms with E-state index in [4.69, 9.17) is 13.9 Å². The Hall–Kier alpha value is -3.38. The Morgan fingerprint density at radius 3 is 2.46 bits per heavy atom. The average Bonchev–Trinajstić information content (AvgIpc) is 3.09. The molecule has 0 aliphatic heterocycles. The van der Waals surface area contributed by atoms with E-state index in [0.29, 0.717) is 39.5 Å². The molecule has 4 rings (SSSR count). The van der Waals surface area contributed by atoms with Crippen LogP contribution in [-0.4, -0.2) is 12.6 Å². The molecule has 0 unspecified atom stereocenters. The van der Waals surface area contributed by atoms with Crippen molar-refractivity contribution in [3.05, 3.63) is 82.0 Å². The fraction of sp³-hybridized carbons (Fsp3) is 0.0909. The summed E-state index contributed by atoms with van der Waals surface area (Å²) in [6, 6.07) is 19.6. The maximum atomic E-state index is 12.5. The number of benzene rings is 3. The van der Waals surface area contributed by atoms with Crippen LogP contribution >= 0.6 is 11.3 Å². The van der Waals surface area contributed by atoms with Gasteiger partial charge >= 0.3 is 10.9 Å². The largest absolute Gasteiger partial charge is 0.494 e. The molecule has 0 aliphatic carbocycles. The van der Waals surface area contributed by atoms with Crippen molar-refractivity contribution < 1.29 is 18.7 Å². The molecule has 0 aliphatic rings. The summed E-state index contributed by atoms with van der Waals surface area (Å²) in [6.45, 7) is 2.45. The number of fused-ring (bicyclic) bond motifs is 1. The summed E-state index contributed by atoms with van der Waals surface area (Å²) in [6.07, 6.45) is 0. The average molecular weight is 392 g/mol. The van der Waals surface area contributed by atoms with Crippen molar-refractivity contribution in [2.45, 2.75) is 6.92 Å². The van der Waals surface area contributed by atoms with Crippen molar-refractivity contribution in [3.63, 3.8) is 0 Å². The highest BCUT2D eigenvalue weighted by atomic mass is 32.1. The first-order valence-corrected chi connectivity index (χ1v) is 9.54. The Morgan fingerprint density at radius 2 is 1.75 bits per heavy atom. The van der Waals surface area contributed by atoms with E-state index in [9.17, 15) is 9.59 Å². The minimum atomic E-state index is -0.489. The Balaban J connectivity index is 1.69. The van der Waals surface area contributed by atoms with E-state index in [2.05, 4.69) is 0 Å². The van der Waals surface area contributed by atoms with Crippen molar-refractivity contribution in [1.29, 1.82) is 0 Å². The van der Waals surface area contributed by atoms with E-state index in [1.54, 1.807) is 36.4 Å². The monoisotopic (exact) mass is 392 g/mol. The zero-order valence-corrected chi connectivity index (χ0v) is 15.8. The summed E-state index contributed by atoms with van der Waals surface area (Å²) < 4.78 is 16.9. The van der Waals surface area contributed by atoms with E-state index >= 15 is 0 Å². The Labute approximate surface area is 164 Å². The molecule has 0 saturated heterocycles. The molecule has 0 spiro atoms. The lowest BCUT2D eigenvalue weighted by molar-refractivity contribution is 0.0735. The second kappa shape index (κ2) is 7.70. The van der Waals surface area contributed by atoms with Gasteiger partial charge in [-0.3, -0.25) is 0 Å². The van der Waals surface area contributed by atoms with Gasteiger partial charge in [0.05, 0.1) is 16.9 Å². The quantitative estimate of drug-likeness (QED) is 0.348. The predicted octanol–water partition coefficient (Wildman–Crippen LogP) is 5.14. The number of carbonyl (C=O) groups is 1. The number of esters is 1. The lowest BCUT2D eigenvalue weighted by atomic mass is 10.0. The molecular weight excluding hydrogens is 376 g/mol. The van der Waals surface area contributed by atoms with Gasteiger partial charge in [-0.25, -0.2) is 9.59 Å². The molecule has 4 aromatic rings. The number of hydrogen-bond acceptors (Lipinski definition) is 6. The molecule has 0 saturated carbocycles. The van der Waals surface area contributed by atoms with E-state index in [0.717, 1.165) is 16.9 Å². The lowest BCUT2D eigenvalue weighted by Crippen LogP contribution is -2.08. The van der Waals surface area contributed by atoms with Gasteiger partial charge in [0.2, 0.25) is 0 Å². The molecular formula is C22H16O5S. The van der Waals surface area contributed by atoms with Crippen LogP contribution in [0.15, 0.2) is 75.9 Å². The highest BCUT2D eigenvalue weighted by Gasteiger charge is 2.15. The normalized spacial score (nSPS) is 10.8. The van der Waals surface area contributed by atoms with Crippen LogP contribution < -0.4 is 14.4 Å². The lowest BCUT2D eigenvalue weighted by Gasteiger charge is -2.08. The number of ether oxygens (including phenoxy) is 2. The number of rotatable bonds is 5. The van der Waals surface area contributed by atoms with Crippen LogP contribution in [0.1, 0.15) is 17.3 Å². The summed E-state index contributed by atoms with van der Waals surface area (Å²) in [4.78, 5) is 23.9. The zero-order chi connectivity index (χ0) is 19.5. The van der Waals surface area contributed by atoms with Gasteiger partial charge in [0.15, 0.2) is 5.58 Å². The van der Waals surface area contributed by atoms with Crippen molar-refractivity contribution >= 4 is 27.6 Å². The van der Waals surface area contributed by atoms with Crippen LogP contribution in [0, 0.1) is 0 Å². The van der Waals surface area contributed by atoms with Crippen LogP contribution in [0.5, 0.6) is 11.5 Å². The first kappa shape index (κ1) is 18.0. The molecule has 0 bridgehead atoms. The molecule has 0 N–H and O–H groups in total. The summed E-state index contributed by atoms with van der Waals surface area (Å²) in [5.74, 6) is 0.551. The van der Waals surface area contributed by atoms with Crippen LogP contribution in [-0.2, 0) is 0 Å². The van der Waals surface area contributed by atoms with Crippen LogP contribution in [0.4, 0.5) is 0 Å². The Bertz CT molecular complexity index is 1170. The molecule has 3 aromatic carbocycles. The number of carbonyl (C=O) groups excluding carboxylic acids is 1. The molecule has 1 aromatic heterocycles. The van der Waals surface area contributed by atoms with E-state index in [1.807, 2.05) is 37.3 Å². The molecule has 0 atom stereocenters. The number of hydrogen-bond donors (Lipinski definition) is 0. The summed E-state index contributed by atoms with van der Waals surface area (Å²) in [7, 11) is 0. The first-order valence-electron chi connectivity index (χ1n) is 8.72. The van der Waals surface area contributed by atoms with Gasteiger partial charge in [0, 0.05) is 11.6 Å². The fourth-order valence-corrected chi connectivity index (χ4v) is 3.59. The molecule has 6 heteroatoms. The molecule has 140 valence electrons. The zero-order valence-electron chi connectivity index (χ0n) is 15.0. The first-order chi connectivity index (χ1) is 13.6. The third kappa shape index (κ3) is 3.68. The summed E-state index contributed by atoms with van der Waals surface area (Å²) in [5.41, 5.74) is 2.46. The van der Waals surface area contributed by atoms with Gasteiger partial charge in [-0.2, -0.15) is 0 Å². The highest BCUT2D eigenvalue weighted by molar-refractivity contribution is 7.16.